The van der Waals surface area contributed by atoms with E-state index >= 15 is 0 Å². The fraction of sp³-hybridized carbons (Fsp3) is 0.0769. The summed E-state index contributed by atoms with van der Waals surface area (Å²) in [6.07, 6.45) is 0. The maximum absolute atomic E-state index is 5.79. The van der Waals surface area contributed by atoms with Gasteiger partial charge < -0.3 is 9.47 Å². The molecule has 0 bridgehead atoms. The Morgan fingerprint density at radius 1 is 0.357 bits per heavy atom. The van der Waals surface area contributed by atoms with Crippen molar-refractivity contribution >= 4 is 0 Å². The van der Waals surface area contributed by atoms with Crippen LogP contribution >= 0.6 is 0 Å². The lowest BCUT2D eigenvalue weighted by atomic mass is 10.1. The van der Waals surface area contributed by atoms with Crippen LogP contribution in [0.1, 0.15) is 0 Å². The minimum absolute atomic E-state index is 0.505. The first-order valence-electron chi connectivity index (χ1n) is 9.45. The van der Waals surface area contributed by atoms with Crippen LogP contribution in [-0.4, -0.2) is 13.2 Å². The summed E-state index contributed by atoms with van der Waals surface area (Å²) in [5, 5.41) is 0. The molecule has 0 saturated carbocycles. The highest BCUT2D eigenvalue weighted by molar-refractivity contribution is 5.64. The molecule has 0 fully saturated rings. The van der Waals surface area contributed by atoms with E-state index < -0.39 is 0 Å². The average molecular weight is 366 g/mol. The third-order valence-electron chi connectivity index (χ3n) is 4.54. The van der Waals surface area contributed by atoms with Crippen molar-refractivity contribution in [2.24, 2.45) is 0 Å². The Balaban J connectivity index is 1.25. The zero-order chi connectivity index (χ0) is 19.0. The van der Waals surface area contributed by atoms with Gasteiger partial charge in [0.1, 0.15) is 24.7 Å². The number of hydrogen-bond donors (Lipinski definition) is 0. The Morgan fingerprint density at radius 2 is 0.679 bits per heavy atom. The zero-order valence-corrected chi connectivity index (χ0v) is 15.6. The van der Waals surface area contributed by atoms with E-state index in [1.54, 1.807) is 0 Å². The molecule has 0 amide bonds. The molecule has 0 aliphatic carbocycles. The Labute approximate surface area is 166 Å². The van der Waals surface area contributed by atoms with Crippen molar-refractivity contribution in [1.29, 1.82) is 0 Å². The molecule has 0 N–H and O–H groups in total. The first kappa shape index (κ1) is 17.9. The molecular weight excluding hydrogens is 344 g/mol. The summed E-state index contributed by atoms with van der Waals surface area (Å²) in [5.74, 6) is 1.70. The molecule has 0 aromatic heterocycles. The molecule has 0 aliphatic rings. The van der Waals surface area contributed by atoms with Crippen LogP contribution in [0.2, 0.25) is 0 Å². The SMILES string of the molecule is c1ccc(-c2ccc(OCCOc3ccc(-c4ccccc4)cc3)cc2)cc1. The largest absolute Gasteiger partial charge is 0.490 e. The van der Waals surface area contributed by atoms with Crippen molar-refractivity contribution in [3.05, 3.63) is 109 Å². The predicted molar refractivity (Wildman–Crippen MR) is 115 cm³/mol. The maximum atomic E-state index is 5.79. The second kappa shape index (κ2) is 8.92. The molecule has 138 valence electrons. The fourth-order valence-corrected chi connectivity index (χ4v) is 3.07. The summed E-state index contributed by atoms with van der Waals surface area (Å²) < 4.78 is 11.6. The minimum Gasteiger partial charge on any atom is -0.490 e. The number of rotatable bonds is 7. The van der Waals surface area contributed by atoms with Gasteiger partial charge in [0.2, 0.25) is 0 Å². The molecule has 0 heterocycles. The van der Waals surface area contributed by atoms with Crippen molar-refractivity contribution < 1.29 is 9.47 Å². The van der Waals surface area contributed by atoms with E-state index in [1.165, 1.54) is 22.3 Å². The van der Waals surface area contributed by atoms with Gasteiger partial charge in [-0.15, -0.1) is 0 Å². The highest BCUT2D eigenvalue weighted by atomic mass is 16.5. The zero-order valence-electron chi connectivity index (χ0n) is 15.6. The van der Waals surface area contributed by atoms with E-state index in [0.29, 0.717) is 13.2 Å². The Kier molecular flexibility index (Phi) is 5.69. The molecular formula is C26H22O2. The van der Waals surface area contributed by atoms with Crippen molar-refractivity contribution in [1.82, 2.24) is 0 Å². The Hall–Kier alpha value is -3.52. The van der Waals surface area contributed by atoms with E-state index in [1.807, 2.05) is 60.7 Å². The second-order valence-corrected chi connectivity index (χ2v) is 6.48. The molecule has 0 radical (unpaired) electrons. The maximum Gasteiger partial charge on any atom is 0.122 e. The fourth-order valence-electron chi connectivity index (χ4n) is 3.07. The quantitative estimate of drug-likeness (QED) is 0.349. The summed E-state index contributed by atoms with van der Waals surface area (Å²) in [5.41, 5.74) is 4.78. The number of benzene rings is 4. The highest BCUT2D eigenvalue weighted by Gasteiger charge is 2.00. The van der Waals surface area contributed by atoms with Crippen molar-refractivity contribution in [2.75, 3.05) is 13.2 Å². The van der Waals surface area contributed by atoms with Crippen LogP contribution in [0.3, 0.4) is 0 Å². The lowest BCUT2D eigenvalue weighted by Gasteiger charge is -2.10. The van der Waals surface area contributed by atoms with Gasteiger partial charge in [0.05, 0.1) is 0 Å². The molecule has 0 spiro atoms. The monoisotopic (exact) mass is 366 g/mol. The van der Waals surface area contributed by atoms with Crippen LogP contribution < -0.4 is 9.47 Å². The predicted octanol–water partition coefficient (Wildman–Crippen LogP) is 6.48. The summed E-state index contributed by atoms with van der Waals surface area (Å²) in [6, 6.07) is 36.9. The summed E-state index contributed by atoms with van der Waals surface area (Å²) >= 11 is 0. The van der Waals surface area contributed by atoms with Gasteiger partial charge in [-0.05, 0) is 46.5 Å². The summed E-state index contributed by atoms with van der Waals surface area (Å²) in [6.45, 7) is 1.01. The van der Waals surface area contributed by atoms with Gasteiger partial charge in [-0.25, -0.2) is 0 Å². The van der Waals surface area contributed by atoms with Gasteiger partial charge in [0.25, 0.3) is 0 Å². The third kappa shape index (κ3) is 4.60. The van der Waals surface area contributed by atoms with Gasteiger partial charge in [-0.2, -0.15) is 0 Å². The normalized spacial score (nSPS) is 10.4. The van der Waals surface area contributed by atoms with E-state index in [2.05, 4.69) is 48.5 Å². The molecule has 4 rings (SSSR count). The van der Waals surface area contributed by atoms with E-state index in [9.17, 15) is 0 Å². The van der Waals surface area contributed by atoms with Gasteiger partial charge in [0, 0.05) is 0 Å². The molecule has 0 unspecified atom stereocenters. The Bertz CT molecular complexity index is 891. The van der Waals surface area contributed by atoms with Crippen LogP contribution in [0.15, 0.2) is 109 Å². The summed E-state index contributed by atoms with van der Waals surface area (Å²) in [4.78, 5) is 0. The summed E-state index contributed by atoms with van der Waals surface area (Å²) in [7, 11) is 0. The van der Waals surface area contributed by atoms with Crippen LogP contribution in [0, 0.1) is 0 Å². The number of ether oxygens (including phenoxy) is 2. The van der Waals surface area contributed by atoms with E-state index in [4.69, 9.17) is 9.47 Å². The molecule has 0 atom stereocenters. The molecule has 4 aromatic rings. The number of hydrogen-bond acceptors (Lipinski definition) is 2. The highest BCUT2D eigenvalue weighted by Crippen LogP contribution is 2.23. The van der Waals surface area contributed by atoms with Gasteiger partial charge in [-0.1, -0.05) is 84.9 Å². The molecule has 0 saturated heterocycles. The van der Waals surface area contributed by atoms with Crippen molar-refractivity contribution in [3.63, 3.8) is 0 Å². The van der Waals surface area contributed by atoms with Crippen molar-refractivity contribution in [2.45, 2.75) is 0 Å². The lowest BCUT2D eigenvalue weighted by Crippen LogP contribution is -2.08. The van der Waals surface area contributed by atoms with Gasteiger partial charge in [0.15, 0.2) is 0 Å². The lowest BCUT2D eigenvalue weighted by molar-refractivity contribution is 0.217. The molecule has 4 aromatic carbocycles. The van der Waals surface area contributed by atoms with Gasteiger partial charge >= 0.3 is 0 Å². The standard InChI is InChI=1S/C26H22O2/c1-3-7-21(8-4-1)23-11-15-25(16-12-23)27-19-20-28-26-17-13-24(14-18-26)22-9-5-2-6-10-22/h1-18H,19-20H2. The first-order valence-corrected chi connectivity index (χ1v) is 9.45. The van der Waals surface area contributed by atoms with Crippen LogP contribution in [0.25, 0.3) is 22.3 Å². The smallest absolute Gasteiger partial charge is 0.122 e. The topological polar surface area (TPSA) is 18.5 Å². The van der Waals surface area contributed by atoms with Crippen molar-refractivity contribution in [3.8, 4) is 33.8 Å². The van der Waals surface area contributed by atoms with Gasteiger partial charge in [-0.3, -0.25) is 0 Å². The molecule has 28 heavy (non-hydrogen) atoms. The average Bonchev–Trinajstić information content (AvgIpc) is 2.79. The first-order chi connectivity index (χ1) is 13.9. The van der Waals surface area contributed by atoms with E-state index in [-0.39, 0.29) is 0 Å². The minimum atomic E-state index is 0.505. The van der Waals surface area contributed by atoms with Crippen LogP contribution in [0.4, 0.5) is 0 Å². The van der Waals surface area contributed by atoms with Crippen LogP contribution in [0.5, 0.6) is 11.5 Å². The molecule has 0 aliphatic heterocycles. The second-order valence-electron chi connectivity index (χ2n) is 6.48. The van der Waals surface area contributed by atoms with Crippen LogP contribution in [-0.2, 0) is 0 Å². The molecule has 2 nitrogen and oxygen atoms in total. The Morgan fingerprint density at radius 3 is 1.04 bits per heavy atom. The third-order valence-corrected chi connectivity index (χ3v) is 4.54. The van der Waals surface area contributed by atoms with E-state index in [0.717, 1.165) is 11.5 Å². The molecule has 2 heteroatoms.